The fraction of sp³-hybridized carbons (Fsp3) is 0.462. The summed E-state index contributed by atoms with van der Waals surface area (Å²) in [6.45, 7) is 5.16. The lowest BCUT2D eigenvalue weighted by atomic mass is 10.2. The zero-order chi connectivity index (χ0) is 16.9. The molecule has 8 nitrogen and oxygen atoms in total. The monoisotopic (exact) mass is 328 g/mol. The Balaban J connectivity index is 2.94. The third kappa shape index (κ3) is 5.01. The first kappa shape index (κ1) is 17.9. The summed E-state index contributed by atoms with van der Waals surface area (Å²) in [5.74, 6) is -0.613. The first-order valence-electron chi connectivity index (χ1n) is 6.46. The van der Waals surface area contributed by atoms with Crippen molar-refractivity contribution in [2.75, 3.05) is 7.05 Å². The Kier molecular flexibility index (Phi) is 5.89. The molecule has 0 bridgehead atoms. The number of amides is 2. The van der Waals surface area contributed by atoms with Crippen molar-refractivity contribution in [2.45, 2.75) is 32.4 Å². The Morgan fingerprint density at radius 3 is 2.55 bits per heavy atom. The molecule has 0 radical (unpaired) electrons. The summed E-state index contributed by atoms with van der Waals surface area (Å²) in [6, 6.07) is 0.595. The lowest BCUT2D eigenvalue weighted by Gasteiger charge is -2.22. The summed E-state index contributed by atoms with van der Waals surface area (Å²) >= 11 is 1.18. The van der Waals surface area contributed by atoms with Gasteiger partial charge in [0.2, 0.25) is 5.91 Å². The number of hydrogen-bond acceptors (Lipinski definition) is 6. The van der Waals surface area contributed by atoms with Gasteiger partial charge in [-0.1, -0.05) is 0 Å². The van der Waals surface area contributed by atoms with Crippen molar-refractivity contribution in [1.29, 1.82) is 5.41 Å². The van der Waals surface area contributed by atoms with E-state index < -0.39 is 23.6 Å². The highest BCUT2D eigenvalue weighted by Crippen LogP contribution is 2.23. The minimum Gasteiger partial charge on any atom is -0.444 e. The highest BCUT2D eigenvalue weighted by atomic mass is 32.1. The number of amidine groups is 1. The number of rotatable bonds is 4. The minimum atomic E-state index is -0.940. The number of carbonyl (C=O) groups excluding carboxylic acids is 2. The van der Waals surface area contributed by atoms with Crippen molar-refractivity contribution >= 4 is 29.2 Å². The summed E-state index contributed by atoms with van der Waals surface area (Å²) in [6.07, 6.45) is -0.716. The van der Waals surface area contributed by atoms with Crippen LogP contribution < -0.4 is 16.1 Å². The van der Waals surface area contributed by atoms with Gasteiger partial charge in [0.05, 0.1) is 0 Å². The molecule has 1 unspecified atom stereocenters. The lowest BCUT2D eigenvalue weighted by molar-refractivity contribution is -0.122. The molecule has 9 heteroatoms. The normalized spacial score (nSPS) is 12.2. The number of hydrogen-bond donors (Lipinski definition) is 5. The molecule has 1 rings (SSSR count). The highest BCUT2D eigenvalue weighted by molar-refractivity contribution is 7.10. The molecule has 1 heterocycles. The third-order valence-corrected chi connectivity index (χ3v) is 3.47. The van der Waals surface area contributed by atoms with E-state index in [9.17, 15) is 9.59 Å². The Bertz CT molecular complexity index is 565. The van der Waals surface area contributed by atoms with Crippen LogP contribution in [0.4, 0.5) is 4.79 Å². The van der Waals surface area contributed by atoms with Crippen molar-refractivity contribution < 1.29 is 19.5 Å². The molecule has 22 heavy (non-hydrogen) atoms. The second-order valence-corrected chi connectivity index (χ2v) is 6.36. The summed E-state index contributed by atoms with van der Waals surface area (Å²) in [7, 11) is 1.46. The quantitative estimate of drug-likeness (QED) is 0.324. The molecule has 0 aliphatic carbocycles. The maximum absolute atomic E-state index is 12.0. The summed E-state index contributed by atoms with van der Waals surface area (Å²) in [4.78, 5) is 24.3. The van der Waals surface area contributed by atoms with E-state index in [2.05, 4.69) is 10.6 Å². The van der Waals surface area contributed by atoms with Crippen molar-refractivity contribution in [1.82, 2.24) is 16.1 Å². The Hall–Kier alpha value is -2.13. The van der Waals surface area contributed by atoms with Crippen molar-refractivity contribution in [3.63, 3.8) is 0 Å². The van der Waals surface area contributed by atoms with Crippen LogP contribution in [-0.2, 0) is 9.53 Å². The van der Waals surface area contributed by atoms with Gasteiger partial charge < -0.3 is 15.4 Å². The van der Waals surface area contributed by atoms with Gasteiger partial charge in [0.15, 0.2) is 0 Å². The standard InChI is InChI=1S/C13H20N4O4S/c1-13(2,3)21-12(19)16-9(11(18)15-4)8-5-7(6-22-8)10(14)17-20/h5-6,9,20H,1-4H3,(H2,14,17)(H,15,18)(H,16,19). The van der Waals surface area contributed by atoms with E-state index >= 15 is 0 Å². The van der Waals surface area contributed by atoms with E-state index in [0.29, 0.717) is 10.4 Å². The molecular weight excluding hydrogens is 308 g/mol. The van der Waals surface area contributed by atoms with E-state index in [1.807, 2.05) is 0 Å². The van der Waals surface area contributed by atoms with Crippen LogP contribution in [0.5, 0.6) is 0 Å². The van der Waals surface area contributed by atoms with Crippen LogP contribution in [0.1, 0.15) is 37.3 Å². The number of likely N-dealkylation sites (N-methyl/N-ethyl adjacent to an activating group) is 1. The van der Waals surface area contributed by atoms with Crippen LogP contribution in [0.15, 0.2) is 11.4 Å². The summed E-state index contributed by atoms with van der Waals surface area (Å²) in [5, 5.41) is 22.8. The first-order valence-corrected chi connectivity index (χ1v) is 7.34. The van der Waals surface area contributed by atoms with Gasteiger partial charge in [0.1, 0.15) is 17.5 Å². The average molecular weight is 328 g/mol. The van der Waals surface area contributed by atoms with Crippen LogP contribution in [0.2, 0.25) is 0 Å². The molecule has 5 N–H and O–H groups in total. The second-order valence-electron chi connectivity index (χ2n) is 5.42. The third-order valence-electron chi connectivity index (χ3n) is 2.47. The molecule has 1 aromatic rings. The predicted octanol–water partition coefficient (Wildman–Crippen LogP) is 1.36. The van der Waals surface area contributed by atoms with Gasteiger partial charge in [-0.3, -0.25) is 20.9 Å². The maximum Gasteiger partial charge on any atom is 0.408 e. The smallest absolute Gasteiger partial charge is 0.408 e. The predicted molar refractivity (Wildman–Crippen MR) is 82.2 cm³/mol. The van der Waals surface area contributed by atoms with Gasteiger partial charge in [-0.05, 0) is 26.8 Å². The van der Waals surface area contributed by atoms with Gasteiger partial charge in [-0.15, -0.1) is 11.3 Å². The summed E-state index contributed by atoms with van der Waals surface area (Å²) < 4.78 is 5.14. The van der Waals surface area contributed by atoms with Gasteiger partial charge in [0.25, 0.3) is 0 Å². The number of thiophene rings is 1. The number of alkyl carbamates (subject to hydrolysis) is 1. The van der Waals surface area contributed by atoms with Crippen molar-refractivity contribution in [2.24, 2.45) is 0 Å². The van der Waals surface area contributed by atoms with Crippen LogP contribution in [0, 0.1) is 5.41 Å². The Labute approximate surface area is 132 Å². The highest BCUT2D eigenvalue weighted by Gasteiger charge is 2.26. The number of carbonyl (C=O) groups is 2. The first-order chi connectivity index (χ1) is 10.2. The number of ether oxygens (including phenoxy) is 1. The fourth-order valence-electron chi connectivity index (χ4n) is 1.54. The minimum absolute atomic E-state index is 0.199. The van der Waals surface area contributed by atoms with Crippen LogP contribution in [0.25, 0.3) is 0 Å². The van der Waals surface area contributed by atoms with E-state index in [4.69, 9.17) is 15.4 Å². The van der Waals surface area contributed by atoms with Crippen molar-refractivity contribution in [3.05, 3.63) is 21.9 Å². The number of nitrogens with one attached hydrogen (secondary N) is 4. The van der Waals surface area contributed by atoms with Crippen LogP contribution >= 0.6 is 11.3 Å². The largest absolute Gasteiger partial charge is 0.444 e. The maximum atomic E-state index is 12.0. The van der Waals surface area contributed by atoms with E-state index in [0.717, 1.165) is 0 Å². The second kappa shape index (κ2) is 7.23. The Morgan fingerprint density at radius 2 is 2.05 bits per heavy atom. The van der Waals surface area contributed by atoms with Crippen LogP contribution in [-0.4, -0.2) is 35.7 Å². The molecule has 1 atom stereocenters. The Morgan fingerprint density at radius 1 is 1.41 bits per heavy atom. The zero-order valence-electron chi connectivity index (χ0n) is 12.8. The lowest BCUT2D eigenvalue weighted by Crippen LogP contribution is -2.41. The molecule has 1 aromatic heterocycles. The van der Waals surface area contributed by atoms with Gasteiger partial charge in [-0.25, -0.2) is 4.79 Å². The molecule has 2 amide bonds. The number of hydroxylamine groups is 1. The molecule has 0 spiro atoms. The van der Waals surface area contributed by atoms with E-state index in [1.165, 1.54) is 24.5 Å². The van der Waals surface area contributed by atoms with E-state index in [1.54, 1.807) is 31.6 Å². The molecule has 0 aromatic carbocycles. The average Bonchev–Trinajstić information content (AvgIpc) is 2.90. The van der Waals surface area contributed by atoms with E-state index in [-0.39, 0.29) is 5.84 Å². The molecule has 0 aliphatic rings. The molecule has 122 valence electrons. The van der Waals surface area contributed by atoms with Crippen molar-refractivity contribution in [3.8, 4) is 0 Å². The zero-order valence-corrected chi connectivity index (χ0v) is 13.6. The molecule has 0 saturated heterocycles. The van der Waals surface area contributed by atoms with Gasteiger partial charge in [0, 0.05) is 22.9 Å². The molecule has 0 saturated carbocycles. The molecule has 0 fully saturated rings. The molecular formula is C13H20N4O4S. The van der Waals surface area contributed by atoms with Gasteiger partial charge in [-0.2, -0.15) is 0 Å². The topological polar surface area (TPSA) is 124 Å². The fourth-order valence-corrected chi connectivity index (χ4v) is 2.48. The van der Waals surface area contributed by atoms with Gasteiger partial charge >= 0.3 is 6.09 Å². The SMILES string of the molecule is CNC(=O)C(NC(=O)OC(C)(C)C)c1cc(C(=N)NO)cs1. The van der Waals surface area contributed by atoms with Crippen LogP contribution in [0.3, 0.4) is 0 Å². The summed E-state index contributed by atoms with van der Waals surface area (Å²) in [5.41, 5.74) is 1.45. The molecule has 0 aliphatic heterocycles.